The summed E-state index contributed by atoms with van der Waals surface area (Å²) in [7, 11) is -2.72. The van der Waals surface area contributed by atoms with Crippen LogP contribution < -0.4 is 10.4 Å². The molecular formula is C22H28BrN3O2Si. The Morgan fingerprint density at radius 3 is 2.10 bits per heavy atom. The van der Waals surface area contributed by atoms with Gasteiger partial charge < -0.3 is 9.53 Å². The molecule has 0 radical (unpaired) electrons. The van der Waals surface area contributed by atoms with Gasteiger partial charge in [0.2, 0.25) is 0 Å². The second-order valence-electron chi connectivity index (χ2n) is 8.77. The van der Waals surface area contributed by atoms with E-state index >= 15 is 0 Å². The van der Waals surface area contributed by atoms with Crippen LogP contribution in [0.3, 0.4) is 0 Å². The van der Waals surface area contributed by atoms with Gasteiger partial charge in [0.1, 0.15) is 0 Å². The van der Waals surface area contributed by atoms with E-state index in [1.807, 2.05) is 36.4 Å². The van der Waals surface area contributed by atoms with Crippen molar-refractivity contribution in [1.29, 1.82) is 0 Å². The fourth-order valence-corrected chi connectivity index (χ4v) is 9.72. The second-order valence-corrected chi connectivity index (χ2v) is 14.1. The highest BCUT2D eigenvalue weighted by Gasteiger charge is 2.53. The molecule has 1 fully saturated rings. The van der Waals surface area contributed by atoms with Crippen molar-refractivity contribution in [3.63, 3.8) is 0 Å². The van der Waals surface area contributed by atoms with Crippen molar-refractivity contribution >= 4 is 34.6 Å². The van der Waals surface area contributed by atoms with E-state index in [0.717, 1.165) is 0 Å². The third-order valence-corrected chi connectivity index (χ3v) is 12.3. The lowest BCUT2D eigenvalue weighted by Crippen LogP contribution is -2.68. The van der Waals surface area contributed by atoms with Crippen LogP contribution in [0.5, 0.6) is 0 Å². The first-order valence-corrected chi connectivity index (χ1v) is 12.7. The molecule has 0 bridgehead atoms. The Bertz CT molecular complexity index is 829. The maximum absolute atomic E-state index is 11.3. The smallest absolute Gasteiger partial charge is 0.261 e. The summed E-state index contributed by atoms with van der Waals surface area (Å²) in [6.45, 7) is 6.83. The molecule has 0 spiro atoms. The van der Waals surface area contributed by atoms with Gasteiger partial charge in [-0.05, 0) is 33.8 Å². The van der Waals surface area contributed by atoms with Crippen molar-refractivity contribution in [2.45, 2.75) is 55.1 Å². The third-order valence-electron chi connectivity index (χ3n) is 5.88. The molecule has 7 heteroatoms. The number of alkyl halides is 1. The minimum Gasteiger partial charge on any atom is -0.404 e. The lowest BCUT2D eigenvalue weighted by molar-refractivity contribution is 0.00296. The van der Waals surface area contributed by atoms with E-state index in [2.05, 4.69) is 71.0 Å². The molecular weight excluding hydrogens is 446 g/mol. The first-order valence-electron chi connectivity index (χ1n) is 9.90. The molecule has 0 heterocycles. The SMILES string of the molecule is CC(C)(C)[Si](OC[C@]1(O)CC[C@@H](N=[N+]=[N-])[C@@H]1Br)(c1ccccc1)c1ccccc1. The highest BCUT2D eigenvalue weighted by atomic mass is 79.9. The Hall–Kier alpha value is -1.63. The van der Waals surface area contributed by atoms with Gasteiger partial charge in [-0.25, -0.2) is 0 Å². The molecule has 0 aliphatic heterocycles. The van der Waals surface area contributed by atoms with Crippen LogP contribution in [0.25, 0.3) is 10.4 Å². The summed E-state index contributed by atoms with van der Waals surface area (Å²) in [6, 6.07) is 20.5. The van der Waals surface area contributed by atoms with Gasteiger partial charge in [0.05, 0.1) is 23.1 Å². The van der Waals surface area contributed by atoms with Crippen molar-refractivity contribution in [1.82, 2.24) is 0 Å². The average molecular weight is 474 g/mol. The quantitative estimate of drug-likeness (QED) is 0.220. The van der Waals surface area contributed by atoms with Crippen LogP contribution in [0, 0.1) is 0 Å². The molecule has 0 aromatic heterocycles. The van der Waals surface area contributed by atoms with Gasteiger partial charge in [-0.15, -0.1) is 0 Å². The lowest BCUT2D eigenvalue weighted by atomic mass is 10.0. The Morgan fingerprint density at radius 1 is 1.14 bits per heavy atom. The van der Waals surface area contributed by atoms with Crippen LogP contribution in [0.2, 0.25) is 5.04 Å². The number of nitrogens with zero attached hydrogens (tertiary/aromatic N) is 3. The number of aliphatic hydroxyl groups is 1. The number of hydrogen-bond donors (Lipinski definition) is 1. The van der Waals surface area contributed by atoms with Crippen LogP contribution in [0.15, 0.2) is 65.8 Å². The van der Waals surface area contributed by atoms with Gasteiger partial charge in [-0.1, -0.05) is 102 Å². The minimum atomic E-state index is -2.72. The standard InChI is InChI=1S/C22H28BrN3O2Si/c1-21(2,3)29(17-10-6-4-7-11-17,18-12-8-5-9-13-18)28-16-22(27)15-14-19(20(22)23)25-26-24/h4-13,19-20,27H,14-16H2,1-3H3/t19-,20+,22-/m1/s1. The van der Waals surface area contributed by atoms with Crippen LogP contribution in [0.1, 0.15) is 33.6 Å². The molecule has 29 heavy (non-hydrogen) atoms. The Balaban J connectivity index is 2.04. The minimum absolute atomic E-state index is 0.156. The molecule has 1 aliphatic rings. The van der Waals surface area contributed by atoms with E-state index in [1.165, 1.54) is 10.4 Å². The maximum Gasteiger partial charge on any atom is 0.261 e. The monoisotopic (exact) mass is 473 g/mol. The van der Waals surface area contributed by atoms with Crippen molar-refractivity contribution in [2.75, 3.05) is 6.61 Å². The summed E-state index contributed by atoms with van der Waals surface area (Å²) in [4.78, 5) is 2.60. The average Bonchev–Trinajstić information content (AvgIpc) is 2.98. The van der Waals surface area contributed by atoms with Gasteiger partial charge in [0.25, 0.3) is 8.32 Å². The third kappa shape index (κ3) is 4.16. The number of halogens is 1. The van der Waals surface area contributed by atoms with E-state index in [1.54, 1.807) is 0 Å². The van der Waals surface area contributed by atoms with E-state index in [0.29, 0.717) is 12.8 Å². The summed E-state index contributed by atoms with van der Waals surface area (Å²) in [5.41, 5.74) is 7.73. The molecule has 3 atom stereocenters. The normalized spacial score (nSPS) is 24.9. The summed E-state index contributed by atoms with van der Waals surface area (Å²) < 4.78 is 6.87. The lowest BCUT2D eigenvalue weighted by Gasteiger charge is -2.45. The number of azide groups is 1. The molecule has 1 saturated carbocycles. The number of rotatable bonds is 6. The van der Waals surface area contributed by atoms with E-state index < -0.39 is 13.9 Å². The van der Waals surface area contributed by atoms with E-state index in [-0.39, 0.29) is 22.5 Å². The van der Waals surface area contributed by atoms with Crippen LogP contribution in [0.4, 0.5) is 0 Å². The summed E-state index contributed by atoms with van der Waals surface area (Å²) >= 11 is 3.58. The van der Waals surface area contributed by atoms with Gasteiger partial charge in [0, 0.05) is 4.91 Å². The zero-order chi connectivity index (χ0) is 21.1. The fraction of sp³-hybridized carbons (Fsp3) is 0.455. The largest absolute Gasteiger partial charge is 0.404 e. The highest BCUT2D eigenvalue weighted by molar-refractivity contribution is 9.09. The van der Waals surface area contributed by atoms with Crippen molar-refractivity contribution < 1.29 is 9.53 Å². The molecule has 2 aromatic rings. The predicted octanol–water partition coefficient (Wildman–Crippen LogP) is 4.53. The summed E-state index contributed by atoms with van der Waals surface area (Å²) in [6.07, 6.45) is 1.17. The Morgan fingerprint density at radius 2 is 1.66 bits per heavy atom. The van der Waals surface area contributed by atoms with E-state index in [4.69, 9.17) is 9.96 Å². The van der Waals surface area contributed by atoms with Crippen molar-refractivity contribution in [2.24, 2.45) is 5.11 Å². The Kier molecular flexibility index (Phi) is 6.56. The maximum atomic E-state index is 11.3. The van der Waals surface area contributed by atoms with Gasteiger partial charge in [-0.3, -0.25) is 0 Å². The molecule has 1 N–H and O–H groups in total. The second kappa shape index (κ2) is 8.62. The summed E-state index contributed by atoms with van der Waals surface area (Å²) in [5.74, 6) is 0. The molecule has 3 rings (SSSR count). The predicted molar refractivity (Wildman–Crippen MR) is 123 cm³/mol. The molecule has 1 aliphatic carbocycles. The van der Waals surface area contributed by atoms with Crippen molar-refractivity contribution in [3.8, 4) is 0 Å². The fourth-order valence-electron chi connectivity index (χ4n) is 4.37. The Labute approximate surface area is 182 Å². The zero-order valence-electron chi connectivity index (χ0n) is 17.1. The molecule has 0 amide bonds. The van der Waals surface area contributed by atoms with Crippen LogP contribution >= 0.6 is 15.9 Å². The van der Waals surface area contributed by atoms with Gasteiger partial charge in [0.15, 0.2) is 0 Å². The van der Waals surface area contributed by atoms with Gasteiger partial charge in [-0.2, -0.15) is 0 Å². The molecule has 154 valence electrons. The molecule has 2 aromatic carbocycles. The van der Waals surface area contributed by atoms with Gasteiger partial charge >= 0.3 is 0 Å². The molecule has 5 nitrogen and oxygen atoms in total. The van der Waals surface area contributed by atoms with Crippen LogP contribution in [-0.4, -0.2) is 36.5 Å². The highest BCUT2D eigenvalue weighted by Crippen LogP contribution is 2.41. The molecule has 0 unspecified atom stereocenters. The first kappa shape index (κ1) is 22.1. The zero-order valence-corrected chi connectivity index (χ0v) is 19.7. The number of benzene rings is 2. The van der Waals surface area contributed by atoms with Crippen LogP contribution in [-0.2, 0) is 4.43 Å². The number of hydrogen-bond acceptors (Lipinski definition) is 3. The first-order chi connectivity index (χ1) is 13.7. The van der Waals surface area contributed by atoms with Crippen molar-refractivity contribution in [3.05, 3.63) is 71.1 Å². The molecule has 0 saturated heterocycles. The topological polar surface area (TPSA) is 78.2 Å². The summed E-state index contributed by atoms with van der Waals surface area (Å²) in [5, 5.41) is 17.4. The van der Waals surface area contributed by atoms with E-state index in [9.17, 15) is 5.11 Å².